The van der Waals surface area contributed by atoms with E-state index in [9.17, 15) is 34.5 Å². The Hall–Kier alpha value is -2.28. The smallest absolute Gasteiger partial charge is 0.303 e. The molecule has 1 saturated heterocycles. The molecule has 0 spiro atoms. The third-order valence-electron chi connectivity index (χ3n) is 11.1. The van der Waals surface area contributed by atoms with Gasteiger partial charge in [0.2, 0.25) is 17.7 Å². The quantitative estimate of drug-likeness (QED) is 0.0343. The van der Waals surface area contributed by atoms with Crippen LogP contribution in [-0.2, 0) is 23.9 Å². The molecule has 5 atom stereocenters. The Labute approximate surface area is 339 Å². The zero-order valence-corrected chi connectivity index (χ0v) is 35.5. The average Bonchev–Trinajstić information content (AvgIpc) is 3.18. The lowest BCUT2D eigenvalue weighted by molar-refractivity contribution is -0.231. The number of carboxylic acid groups (broad SMARTS) is 1. The van der Waals surface area contributed by atoms with Gasteiger partial charge in [0.05, 0.1) is 19.6 Å². The first-order valence-corrected chi connectivity index (χ1v) is 22.9. The second kappa shape index (κ2) is 34.7. The van der Waals surface area contributed by atoms with E-state index in [0.29, 0.717) is 19.4 Å². The van der Waals surface area contributed by atoms with Crippen LogP contribution in [0.3, 0.4) is 0 Å². The number of aliphatic carboxylic acids is 1. The minimum atomic E-state index is -1.55. The number of carboxylic acids is 1. The molecular weight excluding hydrogens is 714 g/mol. The second-order valence-electron chi connectivity index (χ2n) is 16.2. The summed E-state index contributed by atoms with van der Waals surface area (Å²) >= 11 is 0. The van der Waals surface area contributed by atoms with Crippen LogP contribution >= 0.6 is 0 Å². The molecule has 1 fully saturated rings. The summed E-state index contributed by atoms with van der Waals surface area (Å²) in [5.74, 6) is -2.62. The Bertz CT molecular complexity index is 1020. The number of nitrogens with zero attached hydrogens (tertiary/aromatic N) is 1. The van der Waals surface area contributed by atoms with Crippen LogP contribution in [0.1, 0.15) is 206 Å². The van der Waals surface area contributed by atoms with Crippen molar-refractivity contribution >= 4 is 23.7 Å². The summed E-state index contributed by atoms with van der Waals surface area (Å²) < 4.78 is 6.07. The normalized spacial score (nSPS) is 19.5. The summed E-state index contributed by atoms with van der Waals surface area (Å²) in [4.78, 5) is 51.2. The van der Waals surface area contributed by atoms with Gasteiger partial charge in [0, 0.05) is 19.4 Å². The van der Waals surface area contributed by atoms with Gasteiger partial charge in [-0.25, -0.2) is 0 Å². The van der Waals surface area contributed by atoms with Crippen molar-refractivity contribution < 1.29 is 44.3 Å². The SMILES string of the molecule is CCCCCCCCCCCCCCCCCCN(C(=O)CCCCCCCCCCCCC)[C@@H]1O[C@H](CO)[C@@H](O)[C@H](O)[C@H]1NC(=O)CNC(=O)CCC(=O)O. The lowest BCUT2D eigenvalue weighted by Crippen LogP contribution is -2.69. The van der Waals surface area contributed by atoms with Crippen molar-refractivity contribution in [2.75, 3.05) is 19.7 Å². The monoisotopic (exact) mass is 798 g/mol. The van der Waals surface area contributed by atoms with Crippen LogP contribution in [0.4, 0.5) is 0 Å². The number of hydrogen-bond acceptors (Lipinski definition) is 8. The number of nitrogens with one attached hydrogen (secondary N) is 2. The Morgan fingerprint density at radius 2 is 0.982 bits per heavy atom. The van der Waals surface area contributed by atoms with Gasteiger partial charge in [-0.2, -0.15) is 0 Å². The van der Waals surface area contributed by atoms with Crippen molar-refractivity contribution in [3.05, 3.63) is 0 Å². The largest absolute Gasteiger partial charge is 0.481 e. The van der Waals surface area contributed by atoms with Crippen LogP contribution < -0.4 is 10.6 Å². The zero-order chi connectivity index (χ0) is 41.2. The molecule has 0 saturated carbocycles. The molecule has 3 amide bonds. The van der Waals surface area contributed by atoms with Crippen molar-refractivity contribution in [1.82, 2.24) is 15.5 Å². The van der Waals surface area contributed by atoms with E-state index in [0.717, 1.165) is 38.5 Å². The minimum Gasteiger partial charge on any atom is -0.481 e. The van der Waals surface area contributed by atoms with Crippen LogP contribution in [0.5, 0.6) is 0 Å². The molecule has 0 aromatic heterocycles. The maximum absolute atomic E-state index is 13.9. The number of amides is 3. The topological polar surface area (TPSA) is 186 Å². The minimum absolute atomic E-state index is 0.173. The third-order valence-corrected chi connectivity index (χ3v) is 11.1. The zero-order valence-electron chi connectivity index (χ0n) is 35.5. The van der Waals surface area contributed by atoms with Crippen molar-refractivity contribution in [2.45, 2.75) is 237 Å². The first kappa shape index (κ1) is 51.7. The first-order chi connectivity index (χ1) is 27.2. The van der Waals surface area contributed by atoms with Crippen LogP contribution in [0.15, 0.2) is 0 Å². The molecule has 12 heteroatoms. The summed E-state index contributed by atoms with van der Waals surface area (Å²) in [5, 5.41) is 45.7. The molecule has 1 rings (SSSR count). The molecule has 56 heavy (non-hydrogen) atoms. The van der Waals surface area contributed by atoms with Crippen molar-refractivity contribution in [1.29, 1.82) is 0 Å². The molecule has 0 aromatic rings. The predicted octanol–water partition coefficient (Wildman–Crippen LogP) is 7.68. The first-order valence-electron chi connectivity index (χ1n) is 22.9. The number of carbonyl (C=O) groups is 4. The summed E-state index contributed by atoms with van der Waals surface area (Å²) in [6.07, 6.45) is 26.5. The van der Waals surface area contributed by atoms with E-state index in [2.05, 4.69) is 24.5 Å². The van der Waals surface area contributed by atoms with Crippen LogP contribution in [0, 0.1) is 0 Å². The van der Waals surface area contributed by atoms with Gasteiger partial charge in [-0.15, -0.1) is 0 Å². The summed E-state index contributed by atoms with van der Waals surface area (Å²) in [7, 11) is 0. The second-order valence-corrected chi connectivity index (χ2v) is 16.2. The molecule has 1 heterocycles. The highest BCUT2D eigenvalue weighted by Crippen LogP contribution is 2.26. The molecule has 6 N–H and O–H groups in total. The van der Waals surface area contributed by atoms with Crippen molar-refractivity contribution in [3.63, 3.8) is 0 Å². The van der Waals surface area contributed by atoms with E-state index >= 15 is 0 Å². The van der Waals surface area contributed by atoms with Gasteiger partial charge in [-0.05, 0) is 12.8 Å². The number of hydrogen-bond donors (Lipinski definition) is 6. The van der Waals surface area contributed by atoms with E-state index in [1.807, 2.05) is 0 Å². The van der Waals surface area contributed by atoms with Crippen LogP contribution in [-0.4, -0.2) is 99.3 Å². The highest BCUT2D eigenvalue weighted by Gasteiger charge is 2.48. The van der Waals surface area contributed by atoms with Gasteiger partial charge in [-0.3, -0.25) is 19.2 Å². The van der Waals surface area contributed by atoms with Gasteiger partial charge in [0.25, 0.3) is 0 Å². The summed E-state index contributed by atoms with van der Waals surface area (Å²) in [5.41, 5.74) is 0. The van der Waals surface area contributed by atoms with Gasteiger partial charge >= 0.3 is 5.97 Å². The molecule has 1 aliphatic heterocycles. The lowest BCUT2D eigenvalue weighted by atomic mass is 9.94. The standard InChI is InChI=1S/C44H83N3O9/c1-3-5-7-9-11-13-15-16-17-18-19-21-23-25-27-29-33-47(39(51)30-28-26-24-22-20-14-12-10-8-6-4-2)44-41(43(55)42(54)36(35-48)56-44)46-38(50)34-45-37(49)31-32-40(52)53/h36,41-44,48,54-55H,3-35H2,1-2H3,(H,45,49)(H,46,50)(H,52,53)/t36-,41-,42-,43-,44-/m1/s1. The number of unbranched alkanes of at least 4 members (excludes halogenated alkanes) is 25. The van der Waals surface area contributed by atoms with E-state index in [4.69, 9.17) is 9.84 Å². The Morgan fingerprint density at radius 1 is 0.554 bits per heavy atom. The van der Waals surface area contributed by atoms with Crippen LogP contribution in [0.2, 0.25) is 0 Å². The number of carbonyl (C=O) groups excluding carboxylic acids is 3. The third kappa shape index (κ3) is 25.2. The molecule has 0 bridgehead atoms. The number of aliphatic hydroxyl groups is 3. The van der Waals surface area contributed by atoms with E-state index < -0.39 is 61.5 Å². The Kier molecular flexibility index (Phi) is 32.1. The molecule has 12 nitrogen and oxygen atoms in total. The van der Waals surface area contributed by atoms with E-state index in [1.165, 1.54) is 122 Å². The molecule has 0 radical (unpaired) electrons. The molecule has 0 aromatic carbocycles. The van der Waals surface area contributed by atoms with Gasteiger partial charge < -0.3 is 40.7 Å². The van der Waals surface area contributed by atoms with E-state index in [-0.39, 0.29) is 25.2 Å². The Morgan fingerprint density at radius 3 is 1.41 bits per heavy atom. The fraction of sp³-hybridized carbons (Fsp3) is 0.909. The Balaban J connectivity index is 2.74. The molecule has 0 unspecified atom stereocenters. The number of ether oxygens (including phenoxy) is 1. The van der Waals surface area contributed by atoms with Gasteiger partial charge in [-0.1, -0.05) is 174 Å². The fourth-order valence-corrected chi connectivity index (χ4v) is 7.55. The van der Waals surface area contributed by atoms with Crippen molar-refractivity contribution in [3.8, 4) is 0 Å². The van der Waals surface area contributed by atoms with E-state index in [1.54, 1.807) is 4.90 Å². The number of rotatable bonds is 37. The molecular formula is C44H83N3O9. The van der Waals surface area contributed by atoms with Crippen LogP contribution in [0.25, 0.3) is 0 Å². The summed E-state index contributed by atoms with van der Waals surface area (Å²) in [6, 6.07) is -1.22. The van der Waals surface area contributed by atoms with Crippen molar-refractivity contribution in [2.24, 2.45) is 0 Å². The predicted molar refractivity (Wildman–Crippen MR) is 222 cm³/mol. The highest BCUT2D eigenvalue weighted by molar-refractivity contribution is 5.86. The average molecular weight is 798 g/mol. The molecule has 0 aliphatic carbocycles. The molecule has 1 aliphatic rings. The maximum atomic E-state index is 13.9. The van der Waals surface area contributed by atoms with Gasteiger partial charge in [0.15, 0.2) is 6.23 Å². The fourth-order valence-electron chi connectivity index (χ4n) is 7.55. The van der Waals surface area contributed by atoms with Gasteiger partial charge in [0.1, 0.15) is 24.4 Å². The summed E-state index contributed by atoms with van der Waals surface area (Å²) in [6.45, 7) is 3.74. The highest BCUT2D eigenvalue weighted by atomic mass is 16.5. The maximum Gasteiger partial charge on any atom is 0.303 e. The lowest BCUT2D eigenvalue weighted by Gasteiger charge is -2.47. The molecule has 328 valence electrons. The number of aliphatic hydroxyl groups excluding tert-OH is 3.